The molecule has 0 aliphatic rings. The van der Waals surface area contributed by atoms with Crippen LogP contribution in [0.2, 0.25) is 0 Å². The van der Waals surface area contributed by atoms with E-state index < -0.39 is 5.56 Å². The summed E-state index contributed by atoms with van der Waals surface area (Å²) in [6, 6.07) is 3.10. The third kappa shape index (κ3) is 4.63. The Morgan fingerprint density at radius 2 is 2.15 bits per heavy atom. The lowest BCUT2D eigenvalue weighted by molar-refractivity contribution is 0.0751. The average Bonchev–Trinajstić information content (AvgIpc) is 2.42. The van der Waals surface area contributed by atoms with Crippen molar-refractivity contribution in [3.05, 3.63) is 33.2 Å². The summed E-state index contributed by atoms with van der Waals surface area (Å²) in [6.45, 7) is 4.30. The van der Waals surface area contributed by atoms with E-state index in [2.05, 4.69) is 11.9 Å². The van der Waals surface area contributed by atoms with Crippen LogP contribution in [0.15, 0.2) is 10.9 Å². The fourth-order valence-electron chi connectivity index (χ4n) is 1.87. The molecular formula is C15H20N2O3. The zero-order valence-electron chi connectivity index (χ0n) is 12.0. The molecule has 0 aromatic carbocycles. The van der Waals surface area contributed by atoms with Gasteiger partial charge < -0.3 is 9.72 Å². The molecular weight excluding hydrogens is 256 g/mol. The number of rotatable bonds is 8. The monoisotopic (exact) mass is 276 g/mol. The topological polar surface area (TPSA) is 82.9 Å². The number of hydrogen-bond acceptors (Lipinski definition) is 4. The van der Waals surface area contributed by atoms with Crippen molar-refractivity contribution in [2.24, 2.45) is 0 Å². The molecule has 1 rings (SSSR count). The summed E-state index contributed by atoms with van der Waals surface area (Å²) in [4.78, 5) is 25.9. The Hall–Kier alpha value is -1.93. The Morgan fingerprint density at radius 3 is 2.80 bits per heavy atom. The first-order valence-electron chi connectivity index (χ1n) is 6.85. The van der Waals surface area contributed by atoms with Gasteiger partial charge >= 0.3 is 0 Å². The van der Waals surface area contributed by atoms with E-state index in [0.29, 0.717) is 17.9 Å². The summed E-state index contributed by atoms with van der Waals surface area (Å²) in [7, 11) is 0. The second-order valence-corrected chi connectivity index (χ2v) is 4.70. The van der Waals surface area contributed by atoms with Gasteiger partial charge in [-0.2, -0.15) is 5.26 Å². The van der Waals surface area contributed by atoms with Gasteiger partial charge in [0.05, 0.1) is 0 Å². The molecule has 1 N–H and O–H groups in total. The number of nitrogens with one attached hydrogen (secondary N) is 1. The van der Waals surface area contributed by atoms with Crippen LogP contribution in [0.25, 0.3) is 0 Å². The van der Waals surface area contributed by atoms with Crippen LogP contribution < -0.4 is 5.56 Å². The first-order chi connectivity index (χ1) is 9.60. The van der Waals surface area contributed by atoms with E-state index in [9.17, 15) is 9.59 Å². The molecule has 0 aliphatic heterocycles. The van der Waals surface area contributed by atoms with Crippen LogP contribution in [-0.2, 0) is 4.74 Å². The number of ether oxygens (including phenoxy) is 1. The van der Waals surface area contributed by atoms with Crippen LogP contribution in [0.4, 0.5) is 0 Å². The molecule has 0 aliphatic carbocycles. The quantitative estimate of drug-likeness (QED) is 0.583. The SMILES string of the molecule is CCCCCCOCC(=O)c1cc(C#N)c(=O)[nH]c1C. The van der Waals surface area contributed by atoms with E-state index >= 15 is 0 Å². The molecule has 1 aromatic heterocycles. The number of hydrogen-bond donors (Lipinski definition) is 1. The van der Waals surface area contributed by atoms with Gasteiger partial charge in [-0.25, -0.2) is 0 Å². The van der Waals surface area contributed by atoms with Crippen molar-refractivity contribution >= 4 is 5.78 Å². The number of H-pyrrole nitrogens is 1. The van der Waals surface area contributed by atoms with Crippen LogP contribution in [0, 0.1) is 18.3 Å². The molecule has 0 atom stereocenters. The highest BCUT2D eigenvalue weighted by Crippen LogP contribution is 2.06. The number of unbranched alkanes of at least 4 members (excludes halogenated alkanes) is 3. The number of nitriles is 1. The number of Topliss-reactive ketones (excluding diaryl/α,β-unsaturated/α-hetero) is 1. The number of ketones is 1. The van der Waals surface area contributed by atoms with Crippen molar-refractivity contribution in [2.75, 3.05) is 13.2 Å². The number of aryl methyl sites for hydroxylation is 1. The summed E-state index contributed by atoms with van der Waals surface area (Å²) in [6.07, 6.45) is 4.37. The highest BCUT2D eigenvalue weighted by atomic mass is 16.5. The van der Waals surface area contributed by atoms with Gasteiger partial charge in [0.1, 0.15) is 18.2 Å². The van der Waals surface area contributed by atoms with Crippen molar-refractivity contribution in [1.82, 2.24) is 4.98 Å². The smallest absolute Gasteiger partial charge is 0.266 e. The fourth-order valence-corrected chi connectivity index (χ4v) is 1.87. The third-order valence-electron chi connectivity index (χ3n) is 3.03. The van der Waals surface area contributed by atoms with Gasteiger partial charge in [0.2, 0.25) is 0 Å². The van der Waals surface area contributed by atoms with Crippen LogP contribution in [0.1, 0.15) is 54.2 Å². The van der Waals surface area contributed by atoms with E-state index in [4.69, 9.17) is 10.00 Å². The Kier molecular flexibility index (Phi) is 6.68. The third-order valence-corrected chi connectivity index (χ3v) is 3.03. The molecule has 0 radical (unpaired) electrons. The second kappa shape index (κ2) is 8.28. The maximum absolute atomic E-state index is 12.0. The Bertz CT molecular complexity index is 555. The maximum atomic E-state index is 12.0. The highest BCUT2D eigenvalue weighted by Gasteiger charge is 2.12. The van der Waals surface area contributed by atoms with Crippen molar-refractivity contribution < 1.29 is 9.53 Å². The van der Waals surface area contributed by atoms with Gasteiger partial charge in [0.15, 0.2) is 5.78 Å². The van der Waals surface area contributed by atoms with Crippen molar-refractivity contribution in [2.45, 2.75) is 39.5 Å². The van der Waals surface area contributed by atoms with E-state index in [1.165, 1.54) is 12.5 Å². The minimum absolute atomic E-state index is 0.0239. The number of aromatic amines is 1. The molecule has 0 saturated carbocycles. The van der Waals surface area contributed by atoms with Crippen molar-refractivity contribution in [3.8, 4) is 6.07 Å². The molecule has 108 valence electrons. The zero-order chi connectivity index (χ0) is 15.0. The summed E-state index contributed by atoms with van der Waals surface area (Å²) >= 11 is 0. The van der Waals surface area contributed by atoms with Gasteiger partial charge in [-0.3, -0.25) is 9.59 Å². The fraction of sp³-hybridized carbons (Fsp3) is 0.533. The molecule has 0 saturated heterocycles. The molecule has 1 aromatic rings. The summed E-state index contributed by atoms with van der Waals surface area (Å²) in [5.41, 5.74) is 0.284. The molecule has 5 nitrogen and oxygen atoms in total. The van der Waals surface area contributed by atoms with Crippen LogP contribution in [0.3, 0.4) is 0 Å². The average molecular weight is 276 g/mol. The molecule has 5 heteroatoms. The number of aromatic nitrogens is 1. The lowest BCUT2D eigenvalue weighted by atomic mass is 10.1. The molecule has 0 bridgehead atoms. The number of carbonyl (C=O) groups is 1. The molecule has 0 spiro atoms. The molecule has 20 heavy (non-hydrogen) atoms. The van der Waals surface area contributed by atoms with Gasteiger partial charge in [-0.05, 0) is 19.4 Å². The Balaban J connectivity index is 2.56. The van der Waals surface area contributed by atoms with E-state index in [0.717, 1.165) is 19.3 Å². The maximum Gasteiger partial charge on any atom is 0.266 e. The predicted molar refractivity (Wildman–Crippen MR) is 75.8 cm³/mol. The number of nitrogens with zero attached hydrogens (tertiary/aromatic N) is 1. The number of carbonyl (C=O) groups excluding carboxylic acids is 1. The van der Waals surface area contributed by atoms with E-state index in [1.54, 1.807) is 13.0 Å². The minimum Gasteiger partial charge on any atom is -0.373 e. The van der Waals surface area contributed by atoms with Gasteiger partial charge in [-0.1, -0.05) is 26.2 Å². The standard InChI is InChI=1S/C15H20N2O3/c1-3-4-5-6-7-20-10-14(18)13-8-12(9-16)15(19)17-11(13)2/h8H,3-7,10H2,1-2H3,(H,17,19). The molecule has 0 amide bonds. The Morgan fingerprint density at radius 1 is 1.40 bits per heavy atom. The first-order valence-corrected chi connectivity index (χ1v) is 6.85. The highest BCUT2D eigenvalue weighted by molar-refractivity contribution is 5.98. The van der Waals surface area contributed by atoms with E-state index in [-0.39, 0.29) is 18.0 Å². The van der Waals surface area contributed by atoms with Gasteiger partial charge in [0.25, 0.3) is 5.56 Å². The Labute approximate surface area is 118 Å². The van der Waals surface area contributed by atoms with Crippen LogP contribution in [0.5, 0.6) is 0 Å². The van der Waals surface area contributed by atoms with Crippen LogP contribution >= 0.6 is 0 Å². The molecule has 1 heterocycles. The van der Waals surface area contributed by atoms with Gasteiger partial charge in [-0.15, -0.1) is 0 Å². The summed E-state index contributed by atoms with van der Waals surface area (Å²) in [5, 5.41) is 8.80. The number of pyridine rings is 1. The van der Waals surface area contributed by atoms with Gasteiger partial charge in [0, 0.05) is 17.9 Å². The van der Waals surface area contributed by atoms with Crippen molar-refractivity contribution in [3.63, 3.8) is 0 Å². The van der Waals surface area contributed by atoms with E-state index in [1.807, 2.05) is 0 Å². The summed E-state index contributed by atoms with van der Waals surface area (Å²) < 4.78 is 5.33. The largest absolute Gasteiger partial charge is 0.373 e. The molecule has 0 fully saturated rings. The predicted octanol–water partition coefficient (Wildman–Crippen LogP) is 2.33. The first kappa shape index (κ1) is 16.1. The second-order valence-electron chi connectivity index (χ2n) is 4.70. The zero-order valence-corrected chi connectivity index (χ0v) is 12.0. The normalized spacial score (nSPS) is 10.2. The van der Waals surface area contributed by atoms with Crippen LogP contribution in [-0.4, -0.2) is 24.0 Å². The molecule has 0 unspecified atom stereocenters. The lowest BCUT2D eigenvalue weighted by Crippen LogP contribution is -2.18. The van der Waals surface area contributed by atoms with Crippen molar-refractivity contribution in [1.29, 1.82) is 5.26 Å². The summed E-state index contributed by atoms with van der Waals surface area (Å²) in [5.74, 6) is -0.217. The minimum atomic E-state index is -0.470. The lowest BCUT2D eigenvalue weighted by Gasteiger charge is -2.06.